The van der Waals surface area contributed by atoms with Crippen LogP contribution in [0.4, 0.5) is 5.69 Å². The highest BCUT2D eigenvalue weighted by molar-refractivity contribution is 6.02. The third-order valence-corrected chi connectivity index (χ3v) is 4.72. The first kappa shape index (κ1) is 23.1. The lowest BCUT2D eigenvalue weighted by Gasteiger charge is -2.32. The van der Waals surface area contributed by atoms with Crippen LogP contribution in [0.1, 0.15) is 51.4 Å². The van der Waals surface area contributed by atoms with Crippen molar-refractivity contribution in [1.82, 2.24) is 9.80 Å². The number of benzene rings is 1. The molecular weight excluding hydrogens is 342 g/mol. The van der Waals surface area contributed by atoms with E-state index in [1.807, 2.05) is 13.0 Å². The van der Waals surface area contributed by atoms with Gasteiger partial charge in [0.15, 0.2) is 0 Å². The Balaban J connectivity index is 3.02. The van der Waals surface area contributed by atoms with E-state index in [4.69, 9.17) is 4.74 Å². The van der Waals surface area contributed by atoms with E-state index in [2.05, 4.69) is 42.8 Å². The third-order valence-electron chi connectivity index (χ3n) is 4.72. The molecule has 0 spiro atoms. The molecule has 1 aromatic carbocycles. The van der Waals surface area contributed by atoms with Gasteiger partial charge in [0, 0.05) is 6.54 Å². The Morgan fingerprint density at radius 1 is 1.00 bits per heavy atom. The molecule has 0 saturated carbocycles. The van der Waals surface area contributed by atoms with Gasteiger partial charge in [-0.3, -0.25) is 9.69 Å². The number of carbonyl (C=O) groups excluding carboxylic acids is 2. The van der Waals surface area contributed by atoms with Crippen LogP contribution in [0.2, 0.25) is 0 Å². The highest BCUT2D eigenvalue weighted by atomic mass is 16.5. The number of nitrogens with zero attached hydrogens (tertiary/aromatic N) is 2. The van der Waals surface area contributed by atoms with Gasteiger partial charge in [0.05, 0.1) is 17.9 Å². The van der Waals surface area contributed by atoms with Crippen LogP contribution in [0, 0.1) is 0 Å². The molecule has 0 radical (unpaired) electrons. The van der Waals surface area contributed by atoms with Gasteiger partial charge in [-0.1, -0.05) is 46.8 Å². The summed E-state index contributed by atoms with van der Waals surface area (Å²) in [5, 5.41) is 2.96. The molecule has 0 fully saturated rings. The van der Waals surface area contributed by atoms with Gasteiger partial charge in [-0.15, -0.1) is 0 Å². The average Bonchev–Trinajstić information content (AvgIpc) is 2.69. The number of rotatable bonds is 12. The van der Waals surface area contributed by atoms with Gasteiger partial charge in [-0.2, -0.15) is 0 Å². The number of nitrogens with one attached hydrogen (secondary N) is 1. The summed E-state index contributed by atoms with van der Waals surface area (Å²) in [5.74, 6) is -0.503. The second-order valence-electron chi connectivity index (χ2n) is 6.39. The Morgan fingerprint density at radius 2 is 1.63 bits per heavy atom. The average molecular weight is 378 g/mol. The highest BCUT2D eigenvalue weighted by Crippen LogP contribution is 2.18. The minimum Gasteiger partial charge on any atom is -0.462 e. The maximum absolute atomic E-state index is 13.1. The van der Waals surface area contributed by atoms with E-state index in [0.717, 1.165) is 32.6 Å². The Bertz CT molecular complexity index is 584. The van der Waals surface area contributed by atoms with E-state index in [-0.39, 0.29) is 11.9 Å². The van der Waals surface area contributed by atoms with Crippen molar-refractivity contribution < 1.29 is 14.3 Å². The SMILES string of the molecule is CCCOC(=O)c1ccccc1NC(=O)C(CN(CC)CC)N(CC)CC. The van der Waals surface area contributed by atoms with Crippen LogP contribution in [0.15, 0.2) is 24.3 Å². The zero-order valence-electron chi connectivity index (χ0n) is 17.5. The zero-order valence-corrected chi connectivity index (χ0v) is 17.5. The number of hydrogen-bond acceptors (Lipinski definition) is 5. The topological polar surface area (TPSA) is 61.9 Å². The summed E-state index contributed by atoms with van der Waals surface area (Å²) < 4.78 is 5.24. The molecule has 1 N–H and O–H groups in total. The molecule has 0 saturated heterocycles. The summed E-state index contributed by atoms with van der Waals surface area (Å²) in [6, 6.07) is 6.74. The van der Waals surface area contributed by atoms with Crippen LogP contribution < -0.4 is 5.32 Å². The molecule has 0 bridgehead atoms. The van der Waals surface area contributed by atoms with Crippen LogP contribution in [0.25, 0.3) is 0 Å². The van der Waals surface area contributed by atoms with E-state index in [1.165, 1.54) is 0 Å². The highest BCUT2D eigenvalue weighted by Gasteiger charge is 2.27. The summed E-state index contributed by atoms with van der Waals surface area (Å²) in [7, 11) is 0. The summed E-state index contributed by atoms with van der Waals surface area (Å²) in [4.78, 5) is 29.8. The molecule has 152 valence electrons. The van der Waals surface area contributed by atoms with Crippen LogP contribution in [0.3, 0.4) is 0 Å². The molecule has 0 aliphatic heterocycles. The maximum Gasteiger partial charge on any atom is 0.340 e. The summed E-state index contributed by atoms with van der Waals surface area (Å²) >= 11 is 0. The minimum absolute atomic E-state index is 0.0960. The van der Waals surface area contributed by atoms with Gasteiger partial charge in [0.2, 0.25) is 5.91 Å². The van der Waals surface area contributed by atoms with Crippen molar-refractivity contribution >= 4 is 17.6 Å². The van der Waals surface area contributed by atoms with Crippen LogP contribution >= 0.6 is 0 Å². The van der Waals surface area contributed by atoms with Crippen molar-refractivity contribution in [3.63, 3.8) is 0 Å². The third kappa shape index (κ3) is 6.96. The van der Waals surface area contributed by atoms with E-state index >= 15 is 0 Å². The summed E-state index contributed by atoms with van der Waals surface area (Å²) in [6.07, 6.45) is 0.758. The van der Waals surface area contributed by atoms with Crippen LogP contribution in [-0.4, -0.2) is 67.0 Å². The summed E-state index contributed by atoms with van der Waals surface area (Å²) in [6.45, 7) is 14.6. The Hall–Kier alpha value is -1.92. The van der Waals surface area contributed by atoms with Crippen LogP contribution in [-0.2, 0) is 9.53 Å². The van der Waals surface area contributed by atoms with Crippen molar-refractivity contribution in [3.8, 4) is 0 Å². The van der Waals surface area contributed by atoms with Crippen molar-refractivity contribution in [2.75, 3.05) is 44.6 Å². The first-order valence-corrected chi connectivity index (χ1v) is 10.1. The van der Waals surface area contributed by atoms with Gasteiger partial charge < -0.3 is 15.0 Å². The standard InChI is InChI=1S/C21H35N3O3/c1-6-15-27-21(26)17-13-11-12-14-18(17)22-20(25)19(24(9-4)10-5)16-23(7-2)8-3/h11-14,19H,6-10,15-16H2,1-5H3,(H,22,25). The number of hydrogen-bond donors (Lipinski definition) is 1. The number of carbonyl (C=O) groups is 2. The predicted molar refractivity (Wildman–Crippen MR) is 110 cm³/mol. The molecule has 0 heterocycles. The molecule has 1 amide bonds. The number of amides is 1. The molecule has 0 aromatic heterocycles. The van der Waals surface area contributed by atoms with Gasteiger partial charge in [0.25, 0.3) is 0 Å². The number of anilines is 1. The molecule has 0 aliphatic carbocycles. The Kier molecular flexibility index (Phi) is 10.7. The van der Waals surface area contributed by atoms with Gasteiger partial charge in [0.1, 0.15) is 6.04 Å². The van der Waals surface area contributed by atoms with Gasteiger partial charge in [-0.25, -0.2) is 4.79 Å². The molecular formula is C21H35N3O3. The normalized spacial score (nSPS) is 12.3. The number of ether oxygens (including phenoxy) is 1. The quantitative estimate of drug-likeness (QED) is 0.567. The van der Waals surface area contributed by atoms with E-state index in [1.54, 1.807) is 18.2 Å². The Morgan fingerprint density at radius 3 is 2.19 bits per heavy atom. The largest absolute Gasteiger partial charge is 0.462 e. The molecule has 1 rings (SSSR count). The first-order valence-electron chi connectivity index (χ1n) is 10.1. The zero-order chi connectivity index (χ0) is 20.2. The molecule has 6 nitrogen and oxygen atoms in total. The van der Waals surface area contributed by atoms with Crippen LogP contribution in [0.5, 0.6) is 0 Å². The van der Waals surface area contributed by atoms with E-state index in [9.17, 15) is 9.59 Å². The van der Waals surface area contributed by atoms with Crippen molar-refractivity contribution in [2.24, 2.45) is 0 Å². The molecule has 1 atom stereocenters. The molecule has 1 aromatic rings. The van der Waals surface area contributed by atoms with Gasteiger partial charge in [-0.05, 0) is 44.7 Å². The van der Waals surface area contributed by atoms with Crippen molar-refractivity contribution in [2.45, 2.75) is 47.1 Å². The smallest absolute Gasteiger partial charge is 0.340 e. The van der Waals surface area contributed by atoms with Crippen molar-refractivity contribution in [1.29, 1.82) is 0 Å². The lowest BCUT2D eigenvalue weighted by molar-refractivity contribution is -0.121. The summed E-state index contributed by atoms with van der Waals surface area (Å²) in [5.41, 5.74) is 0.890. The van der Waals surface area contributed by atoms with E-state index < -0.39 is 5.97 Å². The monoisotopic (exact) mass is 377 g/mol. The lowest BCUT2D eigenvalue weighted by atomic mass is 10.1. The first-order chi connectivity index (χ1) is 13.0. The molecule has 6 heteroatoms. The minimum atomic E-state index is -0.407. The number of esters is 1. The van der Waals surface area contributed by atoms with Crippen molar-refractivity contribution in [3.05, 3.63) is 29.8 Å². The lowest BCUT2D eigenvalue weighted by Crippen LogP contribution is -2.50. The second kappa shape index (κ2) is 12.5. The molecule has 0 aliphatic rings. The fourth-order valence-electron chi connectivity index (χ4n) is 3.01. The number of likely N-dealkylation sites (N-methyl/N-ethyl adjacent to an activating group) is 2. The maximum atomic E-state index is 13.1. The van der Waals surface area contributed by atoms with Gasteiger partial charge >= 0.3 is 5.97 Å². The molecule has 1 unspecified atom stereocenters. The second-order valence-corrected chi connectivity index (χ2v) is 6.39. The fraction of sp³-hybridized carbons (Fsp3) is 0.619. The number of para-hydroxylation sites is 1. The van der Waals surface area contributed by atoms with E-state index in [0.29, 0.717) is 24.4 Å². The Labute approximate surface area is 163 Å². The fourth-order valence-corrected chi connectivity index (χ4v) is 3.01. The molecule has 27 heavy (non-hydrogen) atoms. The predicted octanol–water partition coefficient (Wildman–Crippen LogP) is 3.24.